The van der Waals surface area contributed by atoms with E-state index < -0.39 is 23.8 Å². The molecule has 0 saturated carbocycles. The summed E-state index contributed by atoms with van der Waals surface area (Å²) in [7, 11) is 0. The molecule has 0 radical (unpaired) electrons. The Balaban J connectivity index is 1.92. The van der Waals surface area contributed by atoms with Gasteiger partial charge in [-0.3, -0.25) is 9.59 Å². The maximum atomic E-state index is 12.7. The van der Waals surface area contributed by atoms with Crippen molar-refractivity contribution in [1.29, 1.82) is 0 Å². The first kappa shape index (κ1) is 23.1. The number of carboxylic acids is 2. The molecule has 0 atom stereocenters. The minimum absolute atomic E-state index is 0.0134. The van der Waals surface area contributed by atoms with Gasteiger partial charge in [0.05, 0.1) is 28.1 Å². The van der Waals surface area contributed by atoms with E-state index in [0.29, 0.717) is 5.56 Å². The number of benzene rings is 3. The van der Waals surface area contributed by atoms with Crippen LogP contribution in [-0.2, 0) is 0 Å². The lowest BCUT2D eigenvalue weighted by Gasteiger charge is -2.14. The molecule has 0 fully saturated rings. The van der Waals surface area contributed by atoms with Gasteiger partial charge in [0.2, 0.25) is 0 Å². The summed E-state index contributed by atoms with van der Waals surface area (Å²) in [5.74, 6) is -3.84. The lowest BCUT2D eigenvalue weighted by molar-refractivity contribution is 0.0684. The molecular formula is C23H17N3O6S. The maximum absolute atomic E-state index is 12.7. The molecule has 3 aromatic rings. The Bertz CT molecular complexity index is 1290. The van der Waals surface area contributed by atoms with Gasteiger partial charge in [0, 0.05) is 11.1 Å². The first-order valence-corrected chi connectivity index (χ1v) is 9.80. The monoisotopic (exact) mass is 463 g/mol. The number of carbonyl (C=O) groups is 4. The Morgan fingerprint density at radius 3 is 1.79 bits per heavy atom. The van der Waals surface area contributed by atoms with E-state index in [1.165, 1.54) is 54.6 Å². The van der Waals surface area contributed by atoms with Gasteiger partial charge in [0.15, 0.2) is 0 Å². The fourth-order valence-corrected chi connectivity index (χ4v) is 3.06. The summed E-state index contributed by atoms with van der Waals surface area (Å²) >= 11 is 4.88. The molecule has 0 heterocycles. The highest BCUT2D eigenvalue weighted by Crippen LogP contribution is 2.25. The minimum atomic E-state index is -1.28. The SMILES string of the molecule is NC(=S)c1ccc(C(=O)Nc2cc(C(=O)O)ccc2NC(=O)c2ccccc2C(=O)O)cc1. The number of rotatable bonds is 7. The van der Waals surface area contributed by atoms with E-state index in [0.717, 1.165) is 0 Å². The van der Waals surface area contributed by atoms with E-state index in [9.17, 15) is 29.4 Å². The molecule has 2 amide bonds. The van der Waals surface area contributed by atoms with Gasteiger partial charge in [-0.15, -0.1) is 0 Å². The van der Waals surface area contributed by atoms with Crippen molar-refractivity contribution in [2.75, 3.05) is 10.6 Å². The zero-order valence-corrected chi connectivity index (χ0v) is 17.7. The molecule has 0 aliphatic carbocycles. The smallest absolute Gasteiger partial charge is 0.336 e. The van der Waals surface area contributed by atoms with E-state index >= 15 is 0 Å². The molecule has 166 valence electrons. The lowest BCUT2D eigenvalue weighted by atomic mass is 10.1. The topological polar surface area (TPSA) is 159 Å². The Labute approximate surface area is 192 Å². The van der Waals surface area contributed by atoms with Crippen molar-refractivity contribution in [2.45, 2.75) is 0 Å². The molecule has 0 spiro atoms. The zero-order chi connectivity index (χ0) is 24.1. The maximum Gasteiger partial charge on any atom is 0.336 e. The van der Waals surface area contributed by atoms with Crippen LogP contribution >= 0.6 is 12.2 Å². The summed E-state index contributed by atoms with van der Waals surface area (Å²) < 4.78 is 0. The van der Waals surface area contributed by atoms with Crippen molar-refractivity contribution in [3.05, 3.63) is 94.5 Å². The predicted molar refractivity (Wildman–Crippen MR) is 125 cm³/mol. The van der Waals surface area contributed by atoms with Crippen molar-refractivity contribution < 1.29 is 29.4 Å². The number of aromatic carboxylic acids is 2. The summed E-state index contributed by atoms with van der Waals surface area (Å²) in [4.78, 5) is 48.4. The number of hydrogen-bond acceptors (Lipinski definition) is 5. The normalized spacial score (nSPS) is 10.2. The second-order valence-electron chi connectivity index (χ2n) is 6.77. The number of carboxylic acid groups (broad SMARTS) is 2. The van der Waals surface area contributed by atoms with E-state index in [1.54, 1.807) is 12.1 Å². The van der Waals surface area contributed by atoms with Gasteiger partial charge >= 0.3 is 11.9 Å². The third kappa shape index (κ3) is 5.38. The number of nitrogens with two attached hydrogens (primary N) is 1. The number of carbonyl (C=O) groups excluding carboxylic acids is 2. The standard InChI is InChI=1S/C23H17N3O6S/c24-19(33)12-5-7-13(8-6-12)20(27)26-18-11-14(22(29)30)9-10-17(18)25-21(28)15-3-1-2-4-16(15)23(31)32/h1-11H,(H2,24,33)(H,25,28)(H,26,27)(H,29,30)(H,31,32). The summed E-state index contributed by atoms with van der Waals surface area (Å²) in [6.07, 6.45) is 0. The number of amides is 2. The van der Waals surface area contributed by atoms with E-state index in [-0.39, 0.29) is 38.6 Å². The van der Waals surface area contributed by atoms with Crippen LogP contribution in [0.2, 0.25) is 0 Å². The highest BCUT2D eigenvalue weighted by molar-refractivity contribution is 7.80. The van der Waals surface area contributed by atoms with Crippen LogP contribution in [0.1, 0.15) is 47.0 Å². The van der Waals surface area contributed by atoms with Gasteiger partial charge in [-0.2, -0.15) is 0 Å². The van der Waals surface area contributed by atoms with Crippen molar-refractivity contribution in [1.82, 2.24) is 0 Å². The number of hydrogen-bond donors (Lipinski definition) is 5. The first-order chi connectivity index (χ1) is 15.7. The molecule has 10 heteroatoms. The van der Waals surface area contributed by atoms with Crippen molar-refractivity contribution >= 4 is 52.3 Å². The highest BCUT2D eigenvalue weighted by atomic mass is 32.1. The Kier molecular flexibility index (Phi) is 6.79. The average molecular weight is 463 g/mol. The molecule has 33 heavy (non-hydrogen) atoms. The molecule has 0 aliphatic heterocycles. The van der Waals surface area contributed by atoms with E-state index in [4.69, 9.17) is 18.0 Å². The largest absolute Gasteiger partial charge is 0.478 e. The van der Waals surface area contributed by atoms with Gasteiger partial charge in [0.25, 0.3) is 11.8 Å². The number of anilines is 2. The summed E-state index contributed by atoms with van der Waals surface area (Å²) in [6.45, 7) is 0. The van der Waals surface area contributed by atoms with Crippen LogP contribution in [0.25, 0.3) is 0 Å². The summed E-state index contributed by atoms with van der Waals surface area (Å²) in [5, 5.41) is 23.7. The van der Waals surface area contributed by atoms with Crippen LogP contribution in [0, 0.1) is 0 Å². The quantitative estimate of drug-likeness (QED) is 0.334. The second kappa shape index (κ2) is 9.71. The Morgan fingerprint density at radius 1 is 0.667 bits per heavy atom. The Hall–Kier alpha value is -4.57. The number of thiocarbonyl (C=S) groups is 1. The molecule has 9 nitrogen and oxygen atoms in total. The van der Waals surface area contributed by atoms with Gasteiger partial charge < -0.3 is 26.6 Å². The van der Waals surface area contributed by atoms with Crippen molar-refractivity contribution in [3.8, 4) is 0 Å². The molecule has 0 unspecified atom stereocenters. The third-order valence-corrected chi connectivity index (χ3v) is 4.83. The van der Waals surface area contributed by atoms with E-state index in [1.807, 2.05) is 0 Å². The van der Waals surface area contributed by atoms with Crippen molar-refractivity contribution in [2.24, 2.45) is 5.73 Å². The Morgan fingerprint density at radius 2 is 1.21 bits per heavy atom. The van der Waals surface area contributed by atoms with Crippen LogP contribution in [0.15, 0.2) is 66.7 Å². The molecule has 3 rings (SSSR count). The molecule has 3 aromatic carbocycles. The van der Waals surface area contributed by atoms with Crippen LogP contribution in [0.3, 0.4) is 0 Å². The molecule has 0 saturated heterocycles. The van der Waals surface area contributed by atoms with Crippen LogP contribution in [-0.4, -0.2) is 39.0 Å². The highest BCUT2D eigenvalue weighted by Gasteiger charge is 2.19. The van der Waals surface area contributed by atoms with Gasteiger partial charge in [-0.05, 0) is 42.5 Å². The van der Waals surface area contributed by atoms with Crippen LogP contribution < -0.4 is 16.4 Å². The van der Waals surface area contributed by atoms with E-state index in [2.05, 4.69) is 10.6 Å². The van der Waals surface area contributed by atoms with Crippen LogP contribution in [0.4, 0.5) is 11.4 Å². The van der Waals surface area contributed by atoms with Gasteiger partial charge in [-0.25, -0.2) is 9.59 Å². The fourth-order valence-electron chi connectivity index (χ4n) is 2.93. The molecule has 0 aromatic heterocycles. The lowest BCUT2D eigenvalue weighted by Crippen LogP contribution is -2.19. The average Bonchev–Trinajstić information content (AvgIpc) is 2.79. The van der Waals surface area contributed by atoms with Gasteiger partial charge in [-0.1, -0.05) is 36.5 Å². The minimum Gasteiger partial charge on any atom is -0.478 e. The zero-order valence-electron chi connectivity index (χ0n) is 16.9. The van der Waals surface area contributed by atoms with Gasteiger partial charge in [0.1, 0.15) is 4.99 Å². The van der Waals surface area contributed by atoms with Crippen molar-refractivity contribution in [3.63, 3.8) is 0 Å². The third-order valence-electron chi connectivity index (χ3n) is 4.60. The van der Waals surface area contributed by atoms with Crippen LogP contribution in [0.5, 0.6) is 0 Å². The summed E-state index contributed by atoms with van der Waals surface area (Å²) in [6, 6.07) is 15.5. The molecular weight excluding hydrogens is 446 g/mol. The predicted octanol–water partition coefficient (Wildman–Crippen LogP) is 3.22. The molecule has 0 aliphatic rings. The molecule has 6 N–H and O–H groups in total. The number of nitrogens with one attached hydrogen (secondary N) is 2. The molecule has 0 bridgehead atoms. The second-order valence-corrected chi connectivity index (χ2v) is 7.21. The fraction of sp³-hybridized carbons (Fsp3) is 0. The summed E-state index contributed by atoms with van der Waals surface area (Å²) in [5.41, 5.74) is 6.02. The first-order valence-electron chi connectivity index (χ1n) is 9.39.